The quantitative estimate of drug-likeness (QED) is 0.853. The first kappa shape index (κ1) is 14.3. The number of nitrogens with one attached hydrogen (secondary N) is 2. The molecule has 0 saturated heterocycles. The standard InChI is InChI=1S/C14H19N5OS/c1-9(2)19-13(20)17-18-14(19)21-12-10(4-3-7-15-12)8-16-11-5-6-11/h3-4,7,9,11,16H,5-6,8H2,1-2H3,(H,17,20). The second-order valence-corrected chi connectivity index (χ2v) is 6.46. The number of H-pyrrole nitrogens is 1. The number of nitrogens with zero attached hydrogens (tertiary/aromatic N) is 3. The lowest BCUT2D eigenvalue weighted by Crippen LogP contribution is -2.19. The summed E-state index contributed by atoms with van der Waals surface area (Å²) < 4.78 is 1.65. The van der Waals surface area contributed by atoms with Crippen molar-refractivity contribution in [2.45, 2.75) is 55.5 Å². The fourth-order valence-corrected chi connectivity index (χ4v) is 3.14. The molecule has 2 aromatic rings. The van der Waals surface area contributed by atoms with Crippen LogP contribution in [0.2, 0.25) is 0 Å². The Balaban J connectivity index is 1.82. The monoisotopic (exact) mass is 305 g/mol. The first-order valence-corrected chi connectivity index (χ1v) is 7.99. The summed E-state index contributed by atoms with van der Waals surface area (Å²) in [4.78, 5) is 16.2. The van der Waals surface area contributed by atoms with Gasteiger partial charge in [-0.1, -0.05) is 6.07 Å². The van der Waals surface area contributed by atoms with E-state index in [0.29, 0.717) is 11.2 Å². The van der Waals surface area contributed by atoms with Crippen molar-refractivity contribution in [2.75, 3.05) is 0 Å². The Kier molecular flexibility index (Phi) is 4.12. The Morgan fingerprint density at radius 1 is 1.52 bits per heavy atom. The Labute approximate surface area is 127 Å². The molecular formula is C14H19N5OS. The van der Waals surface area contributed by atoms with Gasteiger partial charge in [-0.15, -0.1) is 5.10 Å². The van der Waals surface area contributed by atoms with Crippen LogP contribution >= 0.6 is 11.8 Å². The smallest absolute Gasteiger partial charge is 0.310 e. The molecular weight excluding hydrogens is 286 g/mol. The molecule has 0 radical (unpaired) electrons. The van der Waals surface area contributed by atoms with Crippen LogP contribution in [0.3, 0.4) is 0 Å². The topological polar surface area (TPSA) is 75.6 Å². The molecule has 0 amide bonds. The van der Waals surface area contributed by atoms with Crippen LogP contribution in [-0.4, -0.2) is 25.8 Å². The van der Waals surface area contributed by atoms with Crippen molar-refractivity contribution in [3.8, 4) is 0 Å². The average Bonchev–Trinajstić information content (AvgIpc) is 3.21. The summed E-state index contributed by atoms with van der Waals surface area (Å²) >= 11 is 1.43. The molecule has 0 unspecified atom stereocenters. The molecule has 1 fully saturated rings. The van der Waals surface area contributed by atoms with Crippen molar-refractivity contribution in [3.05, 3.63) is 34.4 Å². The van der Waals surface area contributed by atoms with Gasteiger partial charge in [0.2, 0.25) is 0 Å². The van der Waals surface area contributed by atoms with E-state index in [1.165, 1.54) is 24.6 Å². The lowest BCUT2D eigenvalue weighted by molar-refractivity contribution is 0.533. The van der Waals surface area contributed by atoms with Gasteiger partial charge >= 0.3 is 5.69 Å². The highest BCUT2D eigenvalue weighted by molar-refractivity contribution is 7.99. The Morgan fingerprint density at radius 2 is 2.33 bits per heavy atom. The molecule has 1 saturated carbocycles. The average molecular weight is 305 g/mol. The van der Waals surface area contributed by atoms with E-state index in [1.54, 1.807) is 10.8 Å². The van der Waals surface area contributed by atoms with Gasteiger partial charge in [-0.3, -0.25) is 4.57 Å². The maximum absolute atomic E-state index is 11.8. The van der Waals surface area contributed by atoms with E-state index in [2.05, 4.69) is 26.6 Å². The number of pyridine rings is 1. The van der Waals surface area contributed by atoms with Gasteiger partial charge in [0.05, 0.1) is 0 Å². The van der Waals surface area contributed by atoms with Crippen molar-refractivity contribution in [1.82, 2.24) is 25.1 Å². The molecule has 2 aromatic heterocycles. The van der Waals surface area contributed by atoms with Gasteiger partial charge in [0, 0.05) is 24.8 Å². The zero-order valence-electron chi connectivity index (χ0n) is 12.2. The molecule has 0 aliphatic heterocycles. The molecule has 2 heterocycles. The van der Waals surface area contributed by atoms with Crippen molar-refractivity contribution >= 4 is 11.8 Å². The van der Waals surface area contributed by atoms with Gasteiger partial charge < -0.3 is 5.32 Å². The lowest BCUT2D eigenvalue weighted by atomic mass is 10.3. The van der Waals surface area contributed by atoms with Gasteiger partial charge in [-0.05, 0) is 50.1 Å². The van der Waals surface area contributed by atoms with E-state index < -0.39 is 0 Å². The number of aromatic nitrogens is 4. The zero-order chi connectivity index (χ0) is 14.8. The molecule has 3 rings (SSSR count). The number of hydrogen-bond acceptors (Lipinski definition) is 5. The van der Waals surface area contributed by atoms with Gasteiger partial charge in [0.25, 0.3) is 0 Å². The fourth-order valence-electron chi connectivity index (χ4n) is 2.10. The maximum atomic E-state index is 11.8. The molecule has 7 heteroatoms. The molecule has 21 heavy (non-hydrogen) atoms. The van der Waals surface area contributed by atoms with Gasteiger partial charge in [-0.2, -0.15) is 0 Å². The molecule has 0 atom stereocenters. The van der Waals surface area contributed by atoms with E-state index >= 15 is 0 Å². The van der Waals surface area contributed by atoms with E-state index in [-0.39, 0.29) is 11.7 Å². The Bertz CT molecular complexity index is 674. The number of hydrogen-bond donors (Lipinski definition) is 2. The SMILES string of the molecule is CC(C)n1c(Sc2ncccc2CNC2CC2)n[nH]c1=O. The predicted molar refractivity (Wildman–Crippen MR) is 81.5 cm³/mol. The van der Waals surface area contributed by atoms with Crippen molar-refractivity contribution in [3.63, 3.8) is 0 Å². The summed E-state index contributed by atoms with van der Waals surface area (Å²) in [5.41, 5.74) is 0.959. The van der Waals surface area contributed by atoms with Crippen LogP contribution in [-0.2, 0) is 6.54 Å². The molecule has 112 valence electrons. The Morgan fingerprint density at radius 3 is 3.05 bits per heavy atom. The molecule has 0 aromatic carbocycles. The van der Waals surface area contributed by atoms with Crippen LogP contribution in [0.5, 0.6) is 0 Å². The predicted octanol–water partition coefficient (Wildman–Crippen LogP) is 1.95. The van der Waals surface area contributed by atoms with Crippen molar-refractivity contribution < 1.29 is 0 Å². The minimum Gasteiger partial charge on any atom is -0.310 e. The minimum absolute atomic E-state index is 0.0653. The van der Waals surface area contributed by atoms with Crippen LogP contribution in [0, 0.1) is 0 Å². The van der Waals surface area contributed by atoms with Crippen LogP contribution in [0.15, 0.2) is 33.3 Å². The van der Waals surface area contributed by atoms with Crippen LogP contribution in [0.25, 0.3) is 0 Å². The summed E-state index contributed by atoms with van der Waals surface area (Å²) in [5.74, 6) is 0. The second-order valence-electron chi connectivity index (χ2n) is 5.50. The summed E-state index contributed by atoms with van der Waals surface area (Å²) in [7, 11) is 0. The summed E-state index contributed by atoms with van der Waals surface area (Å²) in [5, 5.41) is 11.7. The largest absolute Gasteiger partial charge is 0.344 e. The minimum atomic E-state index is -0.180. The second kappa shape index (κ2) is 6.03. The van der Waals surface area contributed by atoms with Crippen molar-refractivity contribution in [1.29, 1.82) is 0 Å². The molecule has 1 aliphatic carbocycles. The number of aromatic amines is 1. The van der Waals surface area contributed by atoms with Crippen LogP contribution < -0.4 is 11.0 Å². The van der Waals surface area contributed by atoms with Crippen molar-refractivity contribution in [2.24, 2.45) is 0 Å². The van der Waals surface area contributed by atoms with E-state index in [4.69, 9.17) is 0 Å². The van der Waals surface area contributed by atoms with E-state index in [0.717, 1.165) is 17.1 Å². The summed E-state index contributed by atoms with van der Waals surface area (Å²) in [6.07, 6.45) is 4.29. The highest BCUT2D eigenvalue weighted by Gasteiger charge is 2.21. The molecule has 2 N–H and O–H groups in total. The molecule has 0 bridgehead atoms. The normalized spacial score (nSPS) is 14.8. The van der Waals surface area contributed by atoms with Crippen LogP contribution in [0.4, 0.5) is 0 Å². The van der Waals surface area contributed by atoms with E-state index in [9.17, 15) is 4.79 Å². The zero-order valence-corrected chi connectivity index (χ0v) is 13.0. The van der Waals surface area contributed by atoms with E-state index in [1.807, 2.05) is 19.9 Å². The molecule has 6 nitrogen and oxygen atoms in total. The third-order valence-electron chi connectivity index (χ3n) is 3.38. The summed E-state index contributed by atoms with van der Waals surface area (Å²) in [6.45, 7) is 4.74. The summed E-state index contributed by atoms with van der Waals surface area (Å²) in [6, 6.07) is 4.72. The molecule has 0 spiro atoms. The highest BCUT2D eigenvalue weighted by Crippen LogP contribution is 2.28. The maximum Gasteiger partial charge on any atom is 0.344 e. The Hall–Kier alpha value is -1.60. The molecule has 1 aliphatic rings. The number of rotatable bonds is 6. The third-order valence-corrected chi connectivity index (χ3v) is 4.42. The highest BCUT2D eigenvalue weighted by atomic mass is 32.2. The lowest BCUT2D eigenvalue weighted by Gasteiger charge is -2.11. The van der Waals surface area contributed by atoms with Gasteiger partial charge in [0.15, 0.2) is 5.16 Å². The van der Waals surface area contributed by atoms with Crippen LogP contribution in [0.1, 0.15) is 38.3 Å². The first-order chi connectivity index (χ1) is 10.1. The van der Waals surface area contributed by atoms with Gasteiger partial charge in [0.1, 0.15) is 5.03 Å². The third kappa shape index (κ3) is 3.36. The van der Waals surface area contributed by atoms with Gasteiger partial charge in [-0.25, -0.2) is 14.9 Å². The first-order valence-electron chi connectivity index (χ1n) is 7.17. The fraction of sp³-hybridized carbons (Fsp3) is 0.500.